The van der Waals surface area contributed by atoms with Gasteiger partial charge in [-0.05, 0) is 45.6 Å². The number of nitrogens with one attached hydrogen (secondary N) is 2. The maximum Gasteiger partial charge on any atom is 0.227 e. The van der Waals surface area contributed by atoms with Crippen molar-refractivity contribution in [1.82, 2.24) is 15.5 Å². The molecule has 6 heteroatoms. The third-order valence-corrected chi connectivity index (χ3v) is 4.48. The number of carbonyl (C=O) groups is 1. The van der Waals surface area contributed by atoms with E-state index in [9.17, 15) is 4.79 Å². The zero-order valence-electron chi connectivity index (χ0n) is 15.0. The van der Waals surface area contributed by atoms with Crippen LogP contribution in [0.5, 0.6) is 0 Å². The van der Waals surface area contributed by atoms with E-state index in [0.29, 0.717) is 13.1 Å². The third kappa shape index (κ3) is 6.60. The highest BCUT2D eigenvalue weighted by molar-refractivity contribution is 7.09. The summed E-state index contributed by atoms with van der Waals surface area (Å²) in [7, 11) is 2.04. The van der Waals surface area contributed by atoms with Gasteiger partial charge in [0.05, 0.1) is 12.0 Å². The Morgan fingerprint density at radius 3 is 2.57 bits per heavy atom. The average Bonchev–Trinajstić information content (AvgIpc) is 3.02. The highest BCUT2D eigenvalue weighted by Crippen LogP contribution is 2.16. The molecule has 0 saturated carbocycles. The van der Waals surface area contributed by atoms with Gasteiger partial charge in [-0.2, -0.15) is 0 Å². The third-order valence-electron chi connectivity index (χ3n) is 3.55. The molecule has 130 valence electrons. The molecule has 2 N–H and O–H groups in total. The van der Waals surface area contributed by atoms with E-state index < -0.39 is 5.41 Å². The number of rotatable bonds is 8. The van der Waals surface area contributed by atoms with E-state index in [4.69, 9.17) is 0 Å². The smallest absolute Gasteiger partial charge is 0.227 e. The molecule has 0 saturated heterocycles. The van der Waals surface area contributed by atoms with Crippen LogP contribution in [0.25, 0.3) is 0 Å². The van der Waals surface area contributed by atoms with Gasteiger partial charge in [-0.3, -0.25) is 9.79 Å². The SMILES string of the molecule is CCNC(=O)C(C)(C)CN=C(NCC)N(C)CCc1cccs1. The maximum absolute atomic E-state index is 12.1. The van der Waals surface area contributed by atoms with Crippen LogP contribution in [-0.4, -0.2) is 50.0 Å². The molecule has 0 atom stereocenters. The van der Waals surface area contributed by atoms with Crippen molar-refractivity contribution in [3.63, 3.8) is 0 Å². The van der Waals surface area contributed by atoms with Crippen molar-refractivity contribution in [2.24, 2.45) is 10.4 Å². The molecular weight excluding hydrogens is 308 g/mol. The number of hydrogen-bond acceptors (Lipinski definition) is 3. The lowest BCUT2D eigenvalue weighted by Crippen LogP contribution is -2.42. The van der Waals surface area contributed by atoms with Crippen molar-refractivity contribution in [1.29, 1.82) is 0 Å². The van der Waals surface area contributed by atoms with Crippen LogP contribution >= 0.6 is 11.3 Å². The monoisotopic (exact) mass is 338 g/mol. The summed E-state index contributed by atoms with van der Waals surface area (Å²) in [5.41, 5.74) is -0.509. The number of thiophene rings is 1. The van der Waals surface area contributed by atoms with E-state index in [-0.39, 0.29) is 5.91 Å². The van der Waals surface area contributed by atoms with Crippen molar-refractivity contribution in [2.45, 2.75) is 34.1 Å². The molecule has 0 aliphatic carbocycles. The number of aliphatic imine (C=N–C) groups is 1. The molecule has 0 unspecified atom stereocenters. The number of carbonyl (C=O) groups excluding carboxylic acids is 1. The summed E-state index contributed by atoms with van der Waals surface area (Å²) in [6, 6.07) is 4.23. The summed E-state index contributed by atoms with van der Waals surface area (Å²) >= 11 is 1.78. The predicted octanol–water partition coefficient (Wildman–Crippen LogP) is 2.35. The van der Waals surface area contributed by atoms with Gasteiger partial charge in [0.25, 0.3) is 0 Å². The molecule has 1 aromatic rings. The van der Waals surface area contributed by atoms with Gasteiger partial charge in [0.2, 0.25) is 5.91 Å². The first-order valence-electron chi connectivity index (χ1n) is 8.20. The van der Waals surface area contributed by atoms with Crippen LogP contribution in [0.4, 0.5) is 0 Å². The zero-order chi connectivity index (χ0) is 17.3. The fraction of sp³-hybridized carbons (Fsp3) is 0.647. The summed E-state index contributed by atoms with van der Waals surface area (Å²) in [6.45, 7) is 10.7. The van der Waals surface area contributed by atoms with Gasteiger partial charge in [-0.25, -0.2) is 0 Å². The van der Waals surface area contributed by atoms with Crippen molar-refractivity contribution < 1.29 is 4.79 Å². The largest absolute Gasteiger partial charge is 0.357 e. The molecule has 0 aliphatic rings. The van der Waals surface area contributed by atoms with Crippen molar-refractivity contribution >= 4 is 23.2 Å². The summed E-state index contributed by atoms with van der Waals surface area (Å²) in [5, 5.41) is 8.28. The number of nitrogens with zero attached hydrogens (tertiary/aromatic N) is 2. The molecule has 5 nitrogen and oxygen atoms in total. The van der Waals surface area contributed by atoms with Gasteiger partial charge in [0.15, 0.2) is 5.96 Å². The fourth-order valence-electron chi connectivity index (χ4n) is 2.05. The van der Waals surface area contributed by atoms with Crippen LogP contribution < -0.4 is 10.6 Å². The highest BCUT2D eigenvalue weighted by atomic mass is 32.1. The Morgan fingerprint density at radius 1 is 1.30 bits per heavy atom. The van der Waals surface area contributed by atoms with Crippen molar-refractivity contribution in [2.75, 3.05) is 33.2 Å². The minimum atomic E-state index is -0.509. The second kappa shape index (κ2) is 9.55. The number of guanidine groups is 1. The topological polar surface area (TPSA) is 56.7 Å². The Hall–Kier alpha value is -1.56. The number of hydrogen-bond donors (Lipinski definition) is 2. The first-order chi connectivity index (χ1) is 10.9. The zero-order valence-corrected chi connectivity index (χ0v) is 15.8. The molecule has 0 spiro atoms. The van der Waals surface area contributed by atoms with Crippen LogP contribution in [-0.2, 0) is 11.2 Å². The predicted molar refractivity (Wildman–Crippen MR) is 99.1 cm³/mol. The lowest BCUT2D eigenvalue weighted by Gasteiger charge is -2.25. The van der Waals surface area contributed by atoms with Gasteiger partial charge in [-0.1, -0.05) is 6.07 Å². The summed E-state index contributed by atoms with van der Waals surface area (Å²) in [6.07, 6.45) is 0.998. The van der Waals surface area contributed by atoms with Crippen LogP contribution in [0.3, 0.4) is 0 Å². The molecule has 0 aliphatic heterocycles. The van der Waals surface area contributed by atoms with E-state index >= 15 is 0 Å². The van der Waals surface area contributed by atoms with Gasteiger partial charge in [0, 0.05) is 31.6 Å². The lowest BCUT2D eigenvalue weighted by molar-refractivity contribution is -0.128. The van der Waals surface area contributed by atoms with Crippen LogP contribution in [0.1, 0.15) is 32.6 Å². The molecule has 0 fully saturated rings. The van der Waals surface area contributed by atoms with E-state index in [0.717, 1.165) is 25.5 Å². The molecule has 0 aromatic carbocycles. The van der Waals surface area contributed by atoms with E-state index in [1.54, 1.807) is 11.3 Å². The van der Waals surface area contributed by atoms with Gasteiger partial charge in [0.1, 0.15) is 0 Å². The second-order valence-electron chi connectivity index (χ2n) is 6.16. The maximum atomic E-state index is 12.1. The average molecular weight is 339 g/mol. The minimum absolute atomic E-state index is 0.0424. The Balaban J connectivity index is 2.65. The van der Waals surface area contributed by atoms with Gasteiger partial charge in [-0.15, -0.1) is 11.3 Å². The Morgan fingerprint density at radius 2 is 2.00 bits per heavy atom. The quantitative estimate of drug-likeness (QED) is 0.565. The highest BCUT2D eigenvalue weighted by Gasteiger charge is 2.27. The number of likely N-dealkylation sites (N-methyl/N-ethyl adjacent to an activating group) is 1. The normalized spacial score (nSPS) is 12.1. The minimum Gasteiger partial charge on any atom is -0.357 e. The molecule has 1 rings (SSSR count). The Bertz CT molecular complexity index is 497. The first-order valence-corrected chi connectivity index (χ1v) is 9.08. The summed E-state index contributed by atoms with van der Waals surface area (Å²) < 4.78 is 0. The molecule has 23 heavy (non-hydrogen) atoms. The van der Waals surface area contributed by atoms with Crippen molar-refractivity contribution in [3.8, 4) is 0 Å². The van der Waals surface area contributed by atoms with Gasteiger partial charge < -0.3 is 15.5 Å². The van der Waals surface area contributed by atoms with Crippen LogP contribution in [0.2, 0.25) is 0 Å². The van der Waals surface area contributed by atoms with Gasteiger partial charge >= 0.3 is 0 Å². The second-order valence-corrected chi connectivity index (χ2v) is 7.20. The molecule has 1 amide bonds. The number of amides is 1. The van der Waals surface area contributed by atoms with Crippen LogP contribution in [0, 0.1) is 5.41 Å². The molecule has 1 aromatic heterocycles. The van der Waals surface area contributed by atoms with E-state index in [1.807, 2.05) is 27.8 Å². The fourth-order valence-corrected chi connectivity index (χ4v) is 2.75. The molecule has 0 bridgehead atoms. The van der Waals surface area contributed by atoms with Crippen molar-refractivity contribution in [3.05, 3.63) is 22.4 Å². The van der Waals surface area contributed by atoms with E-state index in [1.165, 1.54) is 4.88 Å². The summed E-state index contributed by atoms with van der Waals surface area (Å²) in [5.74, 6) is 0.891. The molecular formula is C17H30N4OS. The Kier molecular flexibility index (Phi) is 8.09. The standard InChI is InChI=1S/C17H30N4OS/c1-6-18-15(22)17(3,4)13-20-16(19-7-2)21(5)11-10-14-9-8-12-23-14/h8-9,12H,6-7,10-11,13H2,1-5H3,(H,18,22)(H,19,20). The summed E-state index contributed by atoms with van der Waals surface area (Å²) in [4.78, 5) is 20.2. The lowest BCUT2D eigenvalue weighted by atomic mass is 9.92. The van der Waals surface area contributed by atoms with Crippen LogP contribution in [0.15, 0.2) is 22.5 Å². The first kappa shape index (κ1) is 19.5. The Labute approximate surface area is 144 Å². The molecule has 1 heterocycles. The van der Waals surface area contributed by atoms with E-state index in [2.05, 4.69) is 45.0 Å². The molecule has 0 radical (unpaired) electrons.